The molecule has 0 amide bonds. The first kappa shape index (κ1) is 17.3. The molecule has 0 unspecified atom stereocenters. The van der Waals surface area contributed by atoms with E-state index in [0.29, 0.717) is 12.5 Å². The molecule has 7 heteroatoms. The summed E-state index contributed by atoms with van der Waals surface area (Å²) < 4.78 is 15.8. The molecule has 0 bridgehead atoms. The summed E-state index contributed by atoms with van der Waals surface area (Å²) in [6, 6.07) is 13.0. The predicted molar refractivity (Wildman–Crippen MR) is 92.9 cm³/mol. The first-order chi connectivity index (χ1) is 12.7. The van der Waals surface area contributed by atoms with Crippen molar-refractivity contribution in [3.63, 3.8) is 0 Å². The third-order valence-electron chi connectivity index (χ3n) is 3.31. The van der Waals surface area contributed by atoms with Crippen molar-refractivity contribution in [1.29, 1.82) is 0 Å². The van der Waals surface area contributed by atoms with Crippen LogP contribution >= 0.6 is 0 Å². The molecule has 0 aliphatic carbocycles. The zero-order valence-corrected chi connectivity index (χ0v) is 14.2. The van der Waals surface area contributed by atoms with Gasteiger partial charge >= 0.3 is 5.97 Å². The van der Waals surface area contributed by atoms with Crippen LogP contribution in [0.3, 0.4) is 0 Å². The van der Waals surface area contributed by atoms with Crippen molar-refractivity contribution in [2.45, 2.75) is 20.1 Å². The Bertz CT molecular complexity index is 873. The van der Waals surface area contributed by atoms with Gasteiger partial charge < -0.3 is 13.9 Å². The van der Waals surface area contributed by atoms with E-state index in [1.165, 1.54) is 6.08 Å². The fourth-order valence-corrected chi connectivity index (χ4v) is 2.06. The lowest BCUT2D eigenvalue weighted by molar-refractivity contribution is -0.139. The maximum Gasteiger partial charge on any atom is 0.331 e. The highest BCUT2D eigenvalue weighted by Crippen LogP contribution is 2.14. The van der Waals surface area contributed by atoms with Crippen LogP contribution in [-0.4, -0.2) is 21.2 Å². The van der Waals surface area contributed by atoms with Gasteiger partial charge in [-0.25, -0.2) is 4.79 Å². The number of esters is 1. The lowest BCUT2D eigenvalue weighted by atomic mass is 10.2. The van der Waals surface area contributed by atoms with Gasteiger partial charge in [-0.2, -0.15) is 0 Å². The molecule has 26 heavy (non-hydrogen) atoms. The molecule has 0 saturated heterocycles. The molecular formula is C19H17N3O4. The van der Waals surface area contributed by atoms with E-state index in [1.807, 2.05) is 42.5 Å². The van der Waals surface area contributed by atoms with Crippen LogP contribution in [0, 0.1) is 6.92 Å². The van der Waals surface area contributed by atoms with Gasteiger partial charge in [0, 0.05) is 19.2 Å². The summed E-state index contributed by atoms with van der Waals surface area (Å²) in [6.45, 7) is 2.02. The number of pyridine rings is 1. The Morgan fingerprint density at radius 3 is 2.65 bits per heavy atom. The van der Waals surface area contributed by atoms with E-state index in [2.05, 4.69) is 15.2 Å². The van der Waals surface area contributed by atoms with Crippen LogP contribution in [0.1, 0.15) is 23.0 Å². The van der Waals surface area contributed by atoms with Gasteiger partial charge in [0.05, 0.1) is 5.69 Å². The smallest absolute Gasteiger partial charge is 0.331 e. The van der Waals surface area contributed by atoms with E-state index in [9.17, 15) is 4.79 Å². The summed E-state index contributed by atoms with van der Waals surface area (Å²) in [6.07, 6.45) is 4.72. The summed E-state index contributed by atoms with van der Waals surface area (Å²) in [4.78, 5) is 15.9. The molecule has 0 N–H and O–H groups in total. The van der Waals surface area contributed by atoms with Crippen LogP contribution in [0.25, 0.3) is 6.08 Å². The van der Waals surface area contributed by atoms with Gasteiger partial charge in [0.25, 0.3) is 5.89 Å². The Morgan fingerprint density at radius 1 is 1.12 bits per heavy atom. The minimum Gasteiger partial charge on any atom is -0.487 e. The highest BCUT2D eigenvalue weighted by atomic mass is 16.5. The molecule has 0 atom stereocenters. The monoisotopic (exact) mass is 351 g/mol. The summed E-state index contributed by atoms with van der Waals surface area (Å²) >= 11 is 0. The Hall–Kier alpha value is -3.48. The number of ether oxygens (including phenoxy) is 2. The average Bonchev–Trinajstić information content (AvgIpc) is 3.10. The van der Waals surface area contributed by atoms with E-state index < -0.39 is 5.97 Å². The summed E-state index contributed by atoms with van der Waals surface area (Å²) in [5.74, 6) is 0.925. The van der Waals surface area contributed by atoms with Gasteiger partial charge in [-0.3, -0.25) is 4.98 Å². The molecular weight excluding hydrogens is 334 g/mol. The van der Waals surface area contributed by atoms with Crippen LogP contribution < -0.4 is 4.74 Å². The minimum atomic E-state index is -0.490. The minimum absolute atomic E-state index is 0.0513. The number of carbonyl (C=O) groups is 1. The third-order valence-corrected chi connectivity index (χ3v) is 3.31. The van der Waals surface area contributed by atoms with E-state index in [-0.39, 0.29) is 12.5 Å². The zero-order valence-electron chi connectivity index (χ0n) is 14.2. The second-order valence-electron chi connectivity index (χ2n) is 5.33. The van der Waals surface area contributed by atoms with Crippen LogP contribution in [0.2, 0.25) is 0 Å². The topological polar surface area (TPSA) is 87.3 Å². The number of nitrogens with zero attached hydrogens (tertiary/aromatic N) is 3. The summed E-state index contributed by atoms with van der Waals surface area (Å²) in [5, 5.41) is 7.41. The molecule has 3 aromatic rings. The molecule has 3 rings (SSSR count). The van der Waals surface area contributed by atoms with Crippen molar-refractivity contribution in [2.75, 3.05) is 0 Å². The molecule has 2 heterocycles. The zero-order chi connectivity index (χ0) is 18.2. The molecule has 132 valence electrons. The maximum atomic E-state index is 11.7. The number of rotatable bonds is 7. The number of hydrogen-bond acceptors (Lipinski definition) is 7. The molecule has 0 saturated carbocycles. The number of benzene rings is 1. The fraction of sp³-hybridized carbons (Fsp3) is 0.158. The van der Waals surface area contributed by atoms with Gasteiger partial charge in [-0.05, 0) is 35.9 Å². The molecule has 0 aliphatic heterocycles. The largest absolute Gasteiger partial charge is 0.487 e. The second-order valence-corrected chi connectivity index (χ2v) is 5.33. The Morgan fingerprint density at radius 2 is 1.96 bits per heavy atom. The van der Waals surface area contributed by atoms with Gasteiger partial charge in [0.1, 0.15) is 12.4 Å². The summed E-state index contributed by atoms with van der Waals surface area (Å²) in [7, 11) is 0. The molecule has 1 aromatic carbocycles. The lowest BCUT2D eigenvalue weighted by Gasteiger charge is -2.05. The van der Waals surface area contributed by atoms with Crippen molar-refractivity contribution in [1.82, 2.24) is 15.2 Å². The highest BCUT2D eigenvalue weighted by molar-refractivity contribution is 5.87. The Labute approximate surface area is 150 Å². The van der Waals surface area contributed by atoms with Crippen molar-refractivity contribution in [3.8, 4) is 5.75 Å². The Kier molecular flexibility index (Phi) is 5.72. The molecule has 0 spiro atoms. The average molecular weight is 351 g/mol. The highest BCUT2D eigenvalue weighted by Gasteiger charge is 2.05. The maximum absolute atomic E-state index is 11.7. The number of carbonyl (C=O) groups excluding carboxylic acids is 1. The summed E-state index contributed by atoms with van der Waals surface area (Å²) in [5.41, 5.74) is 1.71. The van der Waals surface area contributed by atoms with Crippen LogP contribution in [0.5, 0.6) is 5.75 Å². The van der Waals surface area contributed by atoms with Gasteiger partial charge in [-0.1, -0.05) is 18.2 Å². The van der Waals surface area contributed by atoms with E-state index >= 15 is 0 Å². The quantitative estimate of drug-likeness (QED) is 0.477. The van der Waals surface area contributed by atoms with Gasteiger partial charge in [0.2, 0.25) is 5.89 Å². The SMILES string of the molecule is Cc1nnc(COC(=O)C=Cc2ccc(OCc3ccccn3)cc2)o1. The molecule has 0 radical (unpaired) electrons. The van der Waals surface area contributed by atoms with Crippen LogP contribution in [-0.2, 0) is 22.7 Å². The third kappa shape index (κ3) is 5.27. The van der Waals surface area contributed by atoms with E-state index in [1.54, 1.807) is 19.2 Å². The molecule has 2 aromatic heterocycles. The van der Waals surface area contributed by atoms with Crippen molar-refractivity contribution in [2.24, 2.45) is 0 Å². The lowest BCUT2D eigenvalue weighted by Crippen LogP contribution is -2.01. The number of aromatic nitrogens is 3. The van der Waals surface area contributed by atoms with Gasteiger partial charge in [-0.15, -0.1) is 10.2 Å². The number of aryl methyl sites for hydroxylation is 1. The van der Waals surface area contributed by atoms with Crippen LogP contribution in [0.15, 0.2) is 59.2 Å². The van der Waals surface area contributed by atoms with Gasteiger partial charge in [0.15, 0.2) is 6.61 Å². The van der Waals surface area contributed by atoms with Crippen molar-refractivity contribution < 1.29 is 18.7 Å². The standard InChI is InChI=1S/C19H17N3O4/c1-14-21-22-18(26-14)13-25-19(23)10-7-15-5-8-17(9-6-15)24-12-16-4-2-3-11-20-16/h2-11H,12-13H2,1H3. The first-order valence-corrected chi connectivity index (χ1v) is 7.95. The second kappa shape index (κ2) is 8.57. The first-order valence-electron chi connectivity index (χ1n) is 7.95. The van der Waals surface area contributed by atoms with Crippen molar-refractivity contribution >= 4 is 12.0 Å². The van der Waals surface area contributed by atoms with Crippen LogP contribution in [0.4, 0.5) is 0 Å². The van der Waals surface area contributed by atoms with E-state index in [0.717, 1.165) is 17.0 Å². The normalized spacial score (nSPS) is 10.8. The van der Waals surface area contributed by atoms with E-state index in [4.69, 9.17) is 13.9 Å². The Balaban J connectivity index is 1.47. The van der Waals surface area contributed by atoms with Crippen molar-refractivity contribution in [3.05, 3.63) is 77.8 Å². The molecule has 0 aliphatic rings. The molecule has 7 nitrogen and oxygen atoms in total. The predicted octanol–water partition coefficient (Wildman–Crippen LogP) is 3.11. The number of hydrogen-bond donors (Lipinski definition) is 0. The fourth-order valence-electron chi connectivity index (χ4n) is 2.06. The molecule has 0 fully saturated rings.